The number of hydrogen-bond acceptors (Lipinski definition) is 3. The highest BCUT2D eigenvalue weighted by Crippen LogP contribution is 2.21. The highest BCUT2D eigenvalue weighted by Gasteiger charge is 1.95. The van der Waals surface area contributed by atoms with Gasteiger partial charge in [0.25, 0.3) is 6.47 Å². The number of carboxylic acid groups (broad SMARTS) is 1. The van der Waals surface area contributed by atoms with Crippen LogP contribution in [0.2, 0.25) is 0 Å². The van der Waals surface area contributed by atoms with Gasteiger partial charge in [-0.3, -0.25) is 10.6 Å². The van der Waals surface area contributed by atoms with Gasteiger partial charge in [0, 0.05) is 5.39 Å². The second-order valence-corrected chi connectivity index (χ2v) is 2.78. The summed E-state index contributed by atoms with van der Waals surface area (Å²) in [4.78, 5) is 8.36. The first-order valence-electron chi connectivity index (χ1n) is 4.35. The van der Waals surface area contributed by atoms with Gasteiger partial charge in [0.05, 0.1) is 5.69 Å². The smallest absolute Gasteiger partial charge is 0.290 e. The lowest BCUT2D eigenvalue weighted by Gasteiger charge is -2.03. The fourth-order valence-electron chi connectivity index (χ4n) is 1.35. The molecule has 4 heteroatoms. The molecule has 0 unspecified atom stereocenters. The third kappa shape index (κ3) is 2.69. The maximum absolute atomic E-state index is 8.36. The van der Waals surface area contributed by atoms with Crippen LogP contribution in [0.5, 0.6) is 0 Å². The van der Waals surface area contributed by atoms with Crippen molar-refractivity contribution in [1.29, 1.82) is 0 Å². The number of fused-ring (bicyclic) bond motifs is 1. The summed E-state index contributed by atoms with van der Waals surface area (Å²) in [6, 6.07) is 14.1. The average molecular weight is 204 g/mol. The lowest BCUT2D eigenvalue weighted by molar-refractivity contribution is -0.122. The molecule has 2 aromatic rings. The lowest BCUT2D eigenvalue weighted by Crippen LogP contribution is -2.06. The molecule has 2 rings (SSSR count). The number of nitrogen functional groups attached to an aromatic ring is 1. The Morgan fingerprint density at radius 3 is 2.40 bits per heavy atom. The zero-order chi connectivity index (χ0) is 11.1. The Labute approximate surface area is 87.3 Å². The van der Waals surface area contributed by atoms with E-state index >= 15 is 0 Å². The molecule has 78 valence electrons. The lowest BCUT2D eigenvalue weighted by atomic mass is 10.1. The predicted molar refractivity (Wildman–Crippen MR) is 60.5 cm³/mol. The summed E-state index contributed by atoms with van der Waals surface area (Å²) in [6.07, 6.45) is 0. The van der Waals surface area contributed by atoms with Crippen LogP contribution < -0.4 is 11.3 Å². The molecule has 0 atom stereocenters. The van der Waals surface area contributed by atoms with E-state index in [2.05, 4.69) is 17.6 Å². The van der Waals surface area contributed by atoms with Crippen molar-refractivity contribution in [3.63, 3.8) is 0 Å². The molecular weight excluding hydrogens is 192 g/mol. The molecule has 0 fully saturated rings. The summed E-state index contributed by atoms with van der Waals surface area (Å²) >= 11 is 0. The first kappa shape index (κ1) is 11.0. The molecule has 0 aromatic heterocycles. The molecule has 0 amide bonds. The standard InChI is InChI=1S/C10H10N2.CH2O2/c11-12-10-7-3-5-8-4-1-2-6-9(8)10;2-1-3/h1-7,12H,11H2;1H,(H,2,3). The molecule has 0 saturated carbocycles. The van der Waals surface area contributed by atoms with Gasteiger partial charge in [0.2, 0.25) is 0 Å². The van der Waals surface area contributed by atoms with Crippen LogP contribution in [-0.2, 0) is 4.79 Å². The SMILES string of the molecule is NNc1cccc2ccccc12.O=CO. The Hall–Kier alpha value is -2.07. The van der Waals surface area contributed by atoms with Crippen molar-refractivity contribution in [3.8, 4) is 0 Å². The molecule has 0 spiro atoms. The van der Waals surface area contributed by atoms with Crippen molar-refractivity contribution in [3.05, 3.63) is 42.5 Å². The molecule has 4 N–H and O–H groups in total. The van der Waals surface area contributed by atoms with E-state index in [9.17, 15) is 0 Å². The highest BCUT2D eigenvalue weighted by molar-refractivity contribution is 5.93. The minimum atomic E-state index is -0.250. The number of hydrogen-bond donors (Lipinski definition) is 3. The molecule has 0 saturated heterocycles. The zero-order valence-corrected chi connectivity index (χ0v) is 8.05. The maximum atomic E-state index is 8.36. The van der Waals surface area contributed by atoms with E-state index < -0.39 is 0 Å². The Balaban J connectivity index is 0.000000337. The largest absolute Gasteiger partial charge is 0.483 e. The molecule has 0 bridgehead atoms. The predicted octanol–water partition coefficient (Wildman–Crippen LogP) is 1.83. The quantitative estimate of drug-likeness (QED) is 0.376. The minimum Gasteiger partial charge on any atom is -0.483 e. The molecule has 2 aromatic carbocycles. The summed E-state index contributed by atoms with van der Waals surface area (Å²) in [6.45, 7) is -0.250. The molecule has 15 heavy (non-hydrogen) atoms. The fraction of sp³-hybridized carbons (Fsp3) is 0. The third-order valence-corrected chi connectivity index (χ3v) is 1.95. The van der Waals surface area contributed by atoms with Crippen LogP contribution >= 0.6 is 0 Å². The Bertz CT molecular complexity index is 438. The molecule has 0 heterocycles. The number of carbonyl (C=O) groups is 1. The van der Waals surface area contributed by atoms with Gasteiger partial charge in [-0.2, -0.15) is 0 Å². The first-order chi connectivity index (χ1) is 7.33. The maximum Gasteiger partial charge on any atom is 0.290 e. The van der Waals surface area contributed by atoms with Crippen LogP contribution in [0.25, 0.3) is 10.8 Å². The van der Waals surface area contributed by atoms with Gasteiger partial charge in [-0.05, 0) is 11.5 Å². The Morgan fingerprint density at radius 1 is 1.13 bits per heavy atom. The van der Waals surface area contributed by atoms with E-state index in [1.165, 1.54) is 5.39 Å². The van der Waals surface area contributed by atoms with Gasteiger partial charge >= 0.3 is 0 Å². The van der Waals surface area contributed by atoms with E-state index in [1.807, 2.05) is 30.3 Å². The van der Waals surface area contributed by atoms with Crippen LogP contribution in [0.3, 0.4) is 0 Å². The van der Waals surface area contributed by atoms with Crippen LogP contribution in [-0.4, -0.2) is 11.6 Å². The molecule has 0 aliphatic carbocycles. The van der Waals surface area contributed by atoms with Crippen molar-refractivity contribution >= 4 is 22.9 Å². The van der Waals surface area contributed by atoms with E-state index in [4.69, 9.17) is 15.7 Å². The normalized spacial score (nSPS) is 8.87. The fourth-order valence-corrected chi connectivity index (χ4v) is 1.35. The molecule has 4 nitrogen and oxygen atoms in total. The summed E-state index contributed by atoms with van der Waals surface area (Å²) in [5, 5.41) is 9.25. The molecule has 0 radical (unpaired) electrons. The van der Waals surface area contributed by atoms with Crippen LogP contribution in [0.1, 0.15) is 0 Å². The Kier molecular flexibility index (Phi) is 4.12. The van der Waals surface area contributed by atoms with Crippen LogP contribution in [0.15, 0.2) is 42.5 Å². The van der Waals surface area contributed by atoms with Gasteiger partial charge in [0.1, 0.15) is 0 Å². The molecular formula is C11H12N2O2. The average Bonchev–Trinajstić information content (AvgIpc) is 2.29. The summed E-state index contributed by atoms with van der Waals surface area (Å²) < 4.78 is 0. The van der Waals surface area contributed by atoms with Crippen LogP contribution in [0, 0.1) is 0 Å². The van der Waals surface area contributed by atoms with E-state index in [1.54, 1.807) is 0 Å². The highest BCUT2D eigenvalue weighted by atomic mass is 16.3. The van der Waals surface area contributed by atoms with Gasteiger partial charge in [-0.25, -0.2) is 0 Å². The van der Waals surface area contributed by atoms with Crippen molar-refractivity contribution in [1.82, 2.24) is 0 Å². The second kappa shape index (κ2) is 5.62. The van der Waals surface area contributed by atoms with Crippen molar-refractivity contribution in [2.24, 2.45) is 5.84 Å². The minimum absolute atomic E-state index is 0.250. The van der Waals surface area contributed by atoms with Gasteiger partial charge < -0.3 is 10.5 Å². The van der Waals surface area contributed by atoms with E-state index in [0.717, 1.165) is 11.1 Å². The number of anilines is 1. The van der Waals surface area contributed by atoms with Gasteiger partial charge in [0.15, 0.2) is 0 Å². The van der Waals surface area contributed by atoms with Crippen molar-refractivity contribution < 1.29 is 9.90 Å². The monoisotopic (exact) mass is 204 g/mol. The Morgan fingerprint density at radius 2 is 1.73 bits per heavy atom. The van der Waals surface area contributed by atoms with Crippen molar-refractivity contribution in [2.75, 3.05) is 5.43 Å². The summed E-state index contributed by atoms with van der Waals surface area (Å²) in [5.74, 6) is 5.37. The molecule has 0 aliphatic rings. The second-order valence-electron chi connectivity index (χ2n) is 2.78. The molecule has 0 aliphatic heterocycles. The van der Waals surface area contributed by atoms with Gasteiger partial charge in [-0.1, -0.05) is 36.4 Å². The number of nitrogens with two attached hydrogens (primary N) is 1. The first-order valence-corrected chi connectivity index (χ1v) is 4.35. The topological polar surface area (TPSA) is 75.3 Å². The number of benzene rings is 2. The zero-order valence-electron chi connectivity index (χ0n) is 8.05. The summed E-state index contributed by atoms with van der Waals surface area (Å²) in [7, 11) is 0. The van der Waals surface area contributed by atoms with Gasteiger partial charge in [-0.15, -0.1) is 0 Å². The number of nitrogens with one attached hydrogen (secondary N) is 1. The van der Waals surface area contributed by atoms with E-state index in [0.29, 0.717) is 0 Å². The van der Waals surface area contributed by atoms with Crippen LogP contribution in [0.4, 0.5) is 5.69 Å². The third-order valence-electron chi connectivity index (χ3n) is 1.95. The van der Waals surface area contributed by atoms with E-state index in [-0.39, 0.29) is 6.47 Å². The number of hydrazine groups is 1. The van der Waals surface area contributed by atoms with Crippen molar-refractivity contribution in [2.45, 2.75) is 0 Å². The number of rotatable bonds is 1. The summed E-state index contributed by atoms with van der Waals surface area (Å²) in [5.41, 5.74) is 3.64.